The van der Waals surface area contributed by atoms with Crippen LogP contribution in [0.25, 0.3) is 0 Å². The summed E-state index contributed by atoms with van der Waals surface area (Å²) in [4.78, 5) is 12.9. The molecule has 0 fully saturated rings. The highest BCUT2D eigenvalue weighted by atomic mass is 16.1. The first-order chi connectivity index (χ1) is 9.02. The highest BCUT2D eigenvalue weighted by molar-refractivity contribution is 5.88. The molecular formula is C18H26O. The summed E-state index contributed by atoms with van der Waals surface area (Å²) in [5.74, 6) is 1.66. The van der Waals surface area contributed by atoms with E-state index in [-0.39, 0.29) is 11.8 Å². The summed E-state index contributed by atoms with van der Waals surface area (Å²) in [5, 5.41) is 0. The summed E-state index contributed by atoms with van der Waals surface area (Å²) < 4.78 is 0. The van der Waals surface area contributed by atoms with Crippen LogP contribution in [0.4, 0.5) is 0 Å². The Hall–Kier alpha value is -1.11. The van der Waals surface area contributed by atoms with E-state index >= 15 is 0 Å². The number of carbonyl (C=O) groups is 1. The molecule has 0 heterocycles. The lowest BCUT2D eigenvalue weighted by Crippen LogP contribution is -2.31. The van der Waals surface area contributed by atoms with Crippen molar-refractivity contribution >= 4 is 5.78 Å². The third kappa shape index (κ3) is 2.91. The molecular weight excluding hydrogens is 232 g/mol. The fourth-order valence-corrected chi connectivity index (χ4v) is 3.71. The van der Waals surface area contributed by atoms with Gasteiger partial charge in [0, 0.05) is 11.8 Å². The molecule has 0 saturated heterocycles. The van der Waals surface area contributed by atoms with Crippen molar-refractivity contribution in [2.24, 2.45) is 17.8 Å². The Morgan fingerprint density at radius 1 is 1.11 bits per heavy atom. The summed E-state index contributed by atoms with van der Waals surface area (Å²) >= 11 is 0. The lowest BCUT2D eigenvalue weighted by molar-refractivity contribution is -0.127. The van der Waals surface area contributed by atoms with Crippen LogP contribution in [0.1, 0.15) is 57.6 Å². The van der Waals surface area contributed by atoms with Crippen molar-refractivity contribution in [2.75, 3.05) is 0 Å². The van der Waals surface area contributed by atoms with Gasteiger partial charge in [-0.15, -0.1) is 0 Å². The fraction of sp³-hybridized carbons (Fsp3) is 0.611. The predicted octanol–water partition coefficient (Wildman–Crippen LogP) is 4.60. The van der Waals surface area contributed by atoms with E-state index in [0.29, 0.717) is 17.6 Å². The minimum atomic E-state index is 0.139. The van der Waals surface area contributed by atoms with Gasteiger partial charge in [-0.3, -0.25) is 4.79 Å². The molecule has 0 amide bonds. The third-order valence-electron chi connectivity index (χ3n) is 4.48. The molecule has 0 saturated carbocycles. The molecule has 0 bridgehead atoms. The molecule has 0 aromatic heterocycles. The number of rotatable bonds is 4. The maximum atomic E-state index is 12.9. The van der Waals surface area contributed by atoms with Gasteiger partial charge in [0.15, 0.2) is 0 Å². The summed E-state index contributed by atoms with van der Waals surface area (Å²) in [5.41, 5.74) is 2.68. The molecule has 0 aliphatic heterocycles. The largest absolute Gasteiger partial charge is 0.299 e. The van der Waals surface area contributed by atoms with Crippen LogP contribution in [0.15, 0.2) is 24.3 Å². The van der Waals surface area contributed by atoms with E-state index in [2.05, 4.69) is 52.0 Å². The molecule has 0 spiro atoms. The minimum absolute atomic E-state index is 0.139. The summed E-state index contributed by atoms with van der Waals surface area (Å²) in [6.07, 6.45) is 3.32. The topological polar surface area (TPSA) is 17.1 Å². The van der Waals surface area contributed by atoms with Crippen molar-refractivity contribution in [2.45, 2.75) is 52.9 Å². The Balaban J connectivity index is 2.30. The molecule has 1 nitrogen and oxygen atoms in total. The number of carbonyl (C=O) groups excluding carboxylic acids is 1. The van der Waals surface area contributed by atoms with Crippen LogP contribution >= 0.6 is 0 Å². The molecule has 2 rings (SSSR count). The number of ketones is 1. The average molecular weight is 258 g/mol. The van der Waals surface area contributed by atoms with Gasteiger partial charge in [0.25, 0.3) is 0 Å². The third-order valence-corrected chi connectivity index (χ3v) is 4.48. The number of Topliss-reactive ketones (excluding diaryl/α,β-unsaturated/α-hetero) is 1. The van der Waals surface area contributed by atoms with Crippen LogP contribution in [0.3, 0.4) is 0 Å². The molecule has 1 unspecified atom stereocenters. The van der Waals surface area contributed by atoms with E-state index in [1.165, 1.54) is 11.1 Å². The second-order valence-electron chi connectivity index (χ2n) is 6.56. The van der Waals surface area contributed by atoms with E-state index in [1.54, 1.807) is 0 Å². The molecule has 0 radical (unpaired) electrons. The predicted molar refractivity (Wildman–Crippen MR) is 80.3 cm³/mol. The van der Waals surface area contributed by atoms with Crippen molar-refractivity contribution in [1.29, 1.82) is 0 Å². The van der Waals surface area contributed by atoms with E-state index in [4.69, 9.17) is 0 Å². The van der Waals surface area contributed by atoms with Gasteiger partial charge in [-0.2, -0.15) is 0 Å². The quantitative estimate of drug-likeness (QED) is 0.771. The van der Waals surface area contributed by atoms with Crippen molar-refractivity contribution < 1.29 is 4.79 Å². The van der Waals surface area contributed by atoms with Crippen LogP contribution in [-0.2, 0) is 11.2 Å². The maximum absolute atomic E-state index is 12.9. The van der Waals surface area contributed by atoms with E-state index < -0.39 is 0 Å². The SMILES string of the molecule is CC(C)C(C(=O)C1CCCc2ccccc21)C(C)C. The molecule has 104 valence electrons. The zero-order valence-corrected chi connectivity index (χ0v) is 12.6. The van der Waals surface area contributed by atoms with Crippen molar-refractivity contribution in [3.8, 4) is 0 Å². The normalized spacial score (nSPS) is 19.0. The summed E-state index contributed by atoms with van der Waals surface area (Å²) in [7, 11) is 0. The number of aryl methyl sites for hydroxylation is 1. The Bertz CT molecular complexity index is 437. The first-order valence-electron chi connectivity index (χ1n) is 7.64. The first kappa shape index (κ1) is 14.3. The lowest BCUT2D eigenvalue weighted by Gasteiger charge is -2.31. The number of hydrogen-bond acceptors (Lipinski definition) is 1. The van der Waals surface area contributed by atoms with Crippen molar-refractivity contribution in [1.82, 2.24) is 0 Å². The van der Waals surface area contributed by atoms with Gasteiger partial charge in [0.05, 0.1) is 0 Å². The smallest absolute Gasteiger partial charge is 0.143 e. The van der Waals surface area contributed by atoms with Crippen molar-refractivity contribution in [3.05, 3.63) is 35.4 Å². The molecule has 0 N–H and O–H groups in total. The Labute approximate surface area is 117 Å². The molecule has 1 aliphatic rings. The molecule has 1 aliphatic carbocycles. The van der Waals surface area contributed by atoms with Gasteiger partial charge in [-0.1, -0.05) is 52.0 Å². The second kappa shape index (κ2) is 5.90. The molecule has 19 heavy (non-hydrogen) atoms. The summed E-state index contributed by atoms with van der Waals surface area (Å²) in [6, 6.07) is 8.52. The van der Waals surface area contributed by atoms with Crippen molar-refractivity contribution in [3.63, 3.8) is 0 Å². The number of hydrogen-bond donors (Lipinski definition) is 0. The Morgan fingerprint density at radius 2 is 1.74 bits per heavy atom. The summed E-state index contributed by atoms with van der Waals surface area (Å²) in [6.45, 7) is 8.71. The van der Waals surface area contributed by atoms with Crippen LogP contribution < -0.4 is 0 Å². The van der Waals surface area contributed by atoms with Crippen LogP contribution in [-0.4, -0.2) is 5.78 Å². The molecule has 1 aromatic carbocycles. The van der Waals surface area contributed by atoms with Gasteiger partial charge in [-0.05, 0) is 42.2 Å². The molecule has 1 heteroatoms. The zero-order chi connectivity index (χ0) is 14.0. The van der Waals surface area contributed by atoms with Gasteiger partial charge < -0.3 is 0 Å². The second-order valence-corrected chi connectivity index (χ2v) is 6.56. The zero-order valence-electron chi connectivity index (χ0n) is 12.6. The van der Waals surface area contributed by atoms with Crippen LogP contribution in [0.5, 0.6) is 0 Å². The highest BCUT2D eigenvalue weighted by Gasteiger charge is 2.34. The van der Waals surface area contributed by atoms with Gasteiger partial charge >= 0.3 is 0 Å². The number of fused-ring (bicyclic) bond motifs is 1. The van der Waals surface area contributed by atoms with Crippen LogP contribution in [0, 0.1) is 17.8 Å². The van der Waals surface area contributed by atoms with E-state index in [9.17, 15) is 4.79 Å². The van der Waals surface area contributed by atoms with Gasteiger partial charge in [0.2, 0.25) is 0 Å². The maximum Gasteiger partial charge on any atom is 0.143 e. The van der Waals surface area contributed by atoms with Crippen LogP contribution in [0.2, 0.25) is 0 Å². The van der Waals surface area contributed by atoms with E-state index in [1.807, 2.05) is 0 Å². The average Bonchev–Trinajstić information content (AvgIpc) is 2.37. The van der Waals surface area contributed by atoms with Gasteiger partial charge in [-0.25, -0.2) is 0 Å². The van der Waals surface area contributed by atoms with Gasteiger partial charge in [0.1, 0.15) is 5.78 Å². The van der Waals surface area contributed by atoms with E-state index in [0.717, 1.165) is 19.3 Å². The molecule has 1 aromatic rings. The monoisotopic (exact) mass is 258 g/mol. The Morgan fingerprint density at radius 3 is 2.37 bits per heavy atom. The lowest BCUT2D eigenvalue weighted by atomic mass is 9.72. The molecule has 1 atom stereocenters. The standard InChI is InChI=1S/C18H26O/c1-12(2)17(13(3)4)18(19)16-11-7-9-14-8-5-6-10-15(14)16/h5-6,8,10,12-13,16-17H,7,9,11H2,1-4H3. The fourth-order valence-electron chi connectivity index (χ4n) is 3.71. The Kier molecular flexibility index (Phi) is 4.44. The number of benzene rings is 1. The minimum Gasteiger partial charge on any atom is -0.299 e. The first-order valence-corrected chi connectivity index (χ1v) is 7.64. The highest BCUT2D eigenvalue weighted by Crippen LogP contribution is 2.37.